The highest BCUT2D eigenvalue weighted by atomic mass is 16.3. The van der Waals surface area contributed by atoms with Crippen molar-refractivity contribution in [3.05, 3.63) is 59.9 Å². The van der Waals surface area contributed by atoms with Crippen LogP contribution in [0.1, 0.15) is 11.1 Å². The van der Waals surface area contributed by atoms with E-state index in [1.54, 1.807) is 24.5 Å². The zero-order valence-electron chi connectivity index (χ0n) is 8.17. The van der Waals surface area contributed by atoms with Crippen molar-refractivity contribution in [1.82, 2.24) is 4.98 Å². The van der Waals surface area contributed by atoms with Crippen molar-refractivity contribution in [3.63, 3.8) is 0 Å². The van der Waals surface area contributed by atoms with Gasteiger partial charge in [0.25, 0.3) is 0 Å². The van der Waals surface area contributed by atoms with E-state index in [9.17, 15) is 5.11 Å². The molecule has 0 fully saturated rings. The Morgan fingerprint density at radius 2 is 1.87 bits per heavy atom. The van der Waals surface area contributed by atoms with Gasteiger partial charge >= 0.3 is 0 Å². The summed E-state index contributed by atoms with van der Waals surface area (Å²) in [5, 5.41) is 9.52. The fourth-order valence-corrected chi connectivity index (χ4v) is 1.29. The maximum Gasteiger partial charge on any atom is 0.122 e. The van der Waals surface area contributed by atoms with E-state index in [-0.39, 0.29) is 5.75 Å². The standard InChI is InChI=1S/C13H11NO/c15-13-6-2-1-5-12(13)8-7-11-4-3-9-14-10-11/h1-10,15H/b8-7+. The van der Waals surface area contributed by atoms with Crippen molar-refractivity contribution >= 4 is 12.2 Å². The van der Waals surface area contributed by atoms with Gasteiger partial charge in [-0.2, -0.15) is 0 Å². The number of hydrogen-bond donors (Lipinski definition) is 1. The molecular formula is C13H11NO. The van der Waals surface area contributed by atoms with Gasteiger partial charge in [0, 0.05) is 18.0 Å². The predicted molar refractivity (Wildman–Crippen MR) is 61.3 cm³/mol. The normalized spacial score (nSPS) is 10.7. The number of phenols is 1. The molecule has 0 amide bonds. The van der Waals surface area contributed by atoms with Crippen LogP contribution in [0.25, 0.3) is 12.2 Å². The van der Waals surface area contributed by atoms with Gasteiger partial charge in [0.15, 0.2) is 0 Å². The predicted octanol–water partition coefficient (Wildman–Crippen LogP) is 2.96. The highest BCUT2D eigenvalue weighted by molar-refractivity contribution is 5.71. The Morgan fingerprint density at radius 3 is 2.60 bits per heavy atom. The summed E-state index contributed by atoms with van der Waals surface area (Å²) in [5.74, 6) is 0.289. The number of benzene rings is 1. The lowest BCUT2D eigenvalue weighted by Gasteiger charge is -1.97. The van der Waals surface area contributed by atoms with E-state index in [0.717, 1.165) is 11.1 Å². The van der Waals surface area contributed by atoms with E-state index in [0.29, 0.717) is 0 Å². The average molecular weight is 197 g/mol. The van der Waals surface area contributed by atoms with E-state index in [2.05, 4.69) is 4.98 Å². The smallest absolute Gasteiger partial charge is 0.122 e. The van der Waals surface area contributed by atoms with Gasteiger partial charge in [-0.25, -0.2) is 0 Å². The summed E-state index contributed by atoms with van der Waals surface area (Å²) >= 11 is 0. The monoisotopic (exact) mass is 197 g/mol. The van der Waals surface area contributed by atoms with Crippen molar-refractivity contribution in [1.29, 1.82) is 0 Å². The maximum absolute atomic E-state index is 9.52. The van der Waals surface area contributed by atoms with Gasteiger partial charge in [0.1, 0.15) is 5.75 Å². The summed E-state index contributed by atoms with van der Waals surface area (Å²) in [6, 6.07) is 11.1. The minimum Gasteiger partial charge on any atom is -0.507 e. The van der Waals surface area contributed by atoms with Gasteiger partial charge in [-0.1, -0.05) is 36.4 Å². The molecule has 2 nitrogen and oxygen atoms in total. The van der Waals surface area contributed by atoms with E-state index in [1.165, 1.54) is 0 Å². The number of para-hydroxylation sites is 1. The van der Waals surface area contributed by atoms with Crippen molar-refractivity contribution in [2.24, 2.45) is 0 Å². The molecule has 0 saturated carbocycles. The summed E-state index contributed by atoms with van der Waals surface area (Å²) in [6.07, 6.45) is 7.29. The zero-order valence-corrected chi connectivity index (χ0v) is 8.17. The van der Waals surface area contributed by atoms with Crippen LogP contribution in [0.2, 0.25) is 0 Å². The topological polar surface area (TPSA) is 33.1 Å². The molecule has 0 aliphatic carbocycles. The minimum atomic E-state index is 0.289. The summed E-state index contributed by atoms with van der Waals surface area (Å²) in [4.78, 5) is 4.01. The Labute approximate surface area is 88.5 Å². The highest BCUT2D eigenvalue weighted by Gasteiger charge is 1.93. The molecule has 0 bridgehead atoms. The van der Waals surface area contributed by atoms with Crippen molar-refractivity contribution in [2.75, 3.05) is 0 Å². The summed E-state index contributed by atoms with van der Waals surface area (Å²) in [6.45, 7) is 0. The molecule has 15 heavy (non-hydrogen) atoms. The second kappa shape index (κ2) is 4.42. The van der Waals surface area contributed by atoms with Crippen LogP contribution in [0.15, 0.2) is 48.8 Å². The first-order chi connectivity index (χ1) is 7.36. The molecule has 74 valence electrons. The first kappa shape index (κ1) is 9.46. The molecule has 1 aromatic heterocycles. The lowest BCUT2D eigenvalue weighted by atomic mass is 10.1. The Bertz CT molecular complexity index is 463. The summed E-state index contributed by atoms with van der Waals surface area (Å²) < 4.78 is 0. The van der Waals surface area contributed by atoms with Gasteiger partial charge in [0.2, 0.25) is 0 Å². The van der Waals surface area contributed by atoms with Crippen LogP contribution < -0.4 is 0 Å². The Balaban J connectivity index is 2.23. The van der Waals surface area contributed by atoms with Gasteiger partial charge in [-0.15, -0.1) is 0 Å². The van der Waals surface area contributed by atoms with E-state index in [1.807, 2.05) is 36.4 Å². The van der Waals surface area contributed by atoms with E-state index >= 15 is 0 Å². The lowest BCUT2D eigenvalue weighted by molar-refractivity contribution is 0.474. The van der Waals surface area contributed by atoms with Crippen LogP contribution in [0.5, 0.6) is 5.75 Å². The van der Waals surface area contributed by atoms with Gasteiger partial charge < -0.3 is 5.11 Å². The molecule has 0 unspecified atom stereocenters. The second-order valence-corrected chi connectivity index (χ2v) is 3.18. The number of nitrogens with zero attached hydrogens (tertiary/aromatic N) is 1. The van der Waals surface area contributed by atoms with E-state index < -0.39 is 0 Å². The molecule has 0 saturated heterocycles. The molecule has 0 atom stereocenters. The maximum atomic E-state index is 9.52. The first-order valence-corrected chi connectivity index (χ1v) is 4.72. The van der Waals surface area contributed by atoms with Crippen molar-refractivity contribution in [3.8, 4) is 5.75 Å². The summed E-state index contributed by atoms with van der Waals surface area (Å²) in [7, 11) is 0. The van der Waals surface area contributed by atoms with Gasteiger partial charge in [-0.05, 0) is 17.7 Å². The number of rotatable bonds is 2. The molecule has 0 spiro atoms. The third-order valence-corrected chi connectivity index (χ3v) is 2.08. The fraction of sp³-hybridized carbons (Fsp3) is 0. The number of aromatic nitrogens is 1. The minimum absolute atomic E-state index is 0.289. The molecule has 1 N–H and O–H groups in total. The van der Waals surface area contributed by atoms with Crippen LogP contribution in [0.3, 0.4) is 0 Å². The molecule has 2 aromatic rings. The van der Waals surface area contributed by atoms with Crippen molar-refractivity contribution < 1.29 is 5.11 Å². The van der Waals surface area contributed by atoms with E-state index in [4.69, 9.17) is 0 Å². The van der Waals surface area contributed by atoms with Gasteiger partial charge in [-0.3, -0.25) is 4.98 Å². The van der Waals surface area contributed by atoms with Crippen LogP contribution in [0, 0.1) is 0 Å². The largest absolute Gasteiger partial charge is 0.507 e. The Kier molecular flexibility index (Phi) is 2.79. The number of hydrogen-bond acceptors (Lipinski definition) is 2. The van der Waals surface area contributed by atoms with Gasteiger partial charge in [0.05, 0.1) is 0 Å². The first-order valence-electron chi connectivity index (χ1n) is 4.72. The quantitative estimate of drug-likeness (QED) is 0.802. The fourth-order valence-electron chi connectivity index (χ4n) is 1.29. The van der Waals surface area contributed by atoms with Crippen LogP contribution >= 0.6 is 0 Å². The molecule has 0 radical (unpaired) electrons. The lowest BCUT2D eigenvalue weighted by Crippen LogP contribution is -1.75. The molecule has 1 aromatic carbocycles. The molecule has 0 aliphatic rings. The molecular weight excluding hydrogens is 186 g/mol. The molecule has 2 heteroatoms. The Morgan fingerprint density at radius 1 is 1.00 bits per heavy atom. The average Bonchev–Trinajstić information content (AvgIpc) is 2.29. The molecule has 1 heterocycles. The number of aromatic hydroxyl groups is 1. The summed E-state index contributed by atoms with van der Waals surface area (Å²) in [5.41, 5.74) is 1.82. The van der Waals surface area contributed by atoms with Crippen LogP contribution in [-0.4, -0.2) is 10.1 Å². The molecule has 0 aliphatic heterocycles. The Hall–Kier alpha value is -2.09. The number of phenolic OH excluding ortho intramolecular Hbond substituents is 1. The van der Waals surface area contributed by atoms with Crippen LogP contribution in [0.4, 0.5) is 0 Å². The molecule has 2 rings (SSSR count). The second-order valence-electron chi connectivity index (χ2n) is 3.18. The van der Waals surface area contributed by atoms with Crippen LogP contribution in [-0.2, 0) is 0 Å². The SMILES string of the molecule is Oc1ccccc1/C=C/c1cccnc1. The highest BCUT2D eigenvalue weighted by Crippen LogP contribution is 2.18. The van der Waals surface area contributed by atoms with Crippen molar-refractivity contribution in [2.45, 2.75) is 0 Å². The third kappa shape index (κ3) is 2.44. The third-order valence-electron chi connectivity index (χ3n) is 2.08. The number of pyridine rings is 1. The zero-order chi connectivity index (χ0) is 10.5.